The molecule has 0 atom stereocenters. The Balaban J connectivity index is -0.000000160. The first-order chi connectivity index (χ1) is 7.35. The van der Waals surface area contributed by atoms with E-state index >= 15 is 0 Å². The predicted octanol–water partition coefficient (Wildman–Crippen LogP) is 0.260. The Bertz CT molecular complexity index is 252. The Morgan fingerprint density at radius 2 is 1.44 bits per heavy atom. The summed E-state index contributed by atoms with van der Waals surface area (Å²) in [5.41, 5.74) is 4.53. The van der Waals surface area contributed by atoms with Crippen LogP contribution in [0.15, 0.2) is 38.0 Å². The summed E-state index contributed by atoms with van der Waals surface area (Å²) in [5.74, 6) is -1.86. The van der Waals surface area contributed by atoms with E-state index in [2.05, 4.69) is 30.2 Å². The number of hydrogen-bond acceptors (Lipinski definition) is 4. The molecule has 0 radical (unpaired) electrons. The van der Waals surface area contributed by atoms with Crippen molar-refractivity contribution in [3.8, 4) is 0 Å². The molecule has 0 aliphatic rings. The van der Waals surface area contributed by atoms with Crippen molar-refractivity contribution in [2.75, 3.05) is 7.11 Å². The molecule has 0 saturated heterocycles. The van der Waals surface area contributed by atoms with Crippen LogP contribution >= 0.6 is 0 Å². The molecule has 3 N–H and O–H groups in total. The largest absolute Gasteiger partial charge is 0.478 e. The standard InChI is InChI=1S/C4H6O2.C3H5NO.C3H4O2/c1-3-4(5)6-2;2*1-2-3(4)5/h3H,1H2,2H3;2H,1H2,(H2,4,5);2H,1H2,(H,4,5). The van der Waals surface area contributed by atoms with Gasteiger partial charge in [-0.15, -0.1) is 0 Å². The van der Waals surface area contributed by atoms with Gasteiger partial charge >= 0.3 is 11.9 Å². The second-order valence-electron chi connectivity index (χ2n) is 1.88. The second-order valence-corrected chi connectivity index (χ2v) is 1.88. The Kier molecular flexibility index (Phi) is 18.2. The molecular formula is C10H15NO5. The maximum atomic E-state index is 9.84. The van der Waals surface area contributed by atoms with Crippen LogP contribution in [0, 0.1) is 0 Å². The van der Waals surface area contributed by atoms with Gasteiger partial charge in [0, 0.05) is 12.2 Å². The minimum absolute atomic E-state index is 0.394. The lowest BCUT2D eigenvalue weighted by atomic mass is 10.6. The maximum absolute atomic E-state index is 9.84. The SMILES string of the molecule is C=CC(=O)O.C=CC(=O)OC.C=CC(N)=O. The fraction of sp³-hybridized carbons (Fsp3) is 0.100. The average molecular weight is 229 g/mol. The number of carbonyl (C=O) groups excluding carboxylic acids is 2. The van der Waals surface area contributed by atoms with Gasteiger partial charge < -0.3 is 15.6 Å². The lowest BCUT2D eigenvalue weighted by Crippen LogP contribution is -2.04. The number of rotatable bonds is 3. The summed E-state index contributed by atoms with van der Waals surface area (Å²) in [7, 11) is 1.31. The van der Waals surface area contributed by atoms with Crippen molar-refractivity contribution < 1.29 is 24.2 Å². The second kappa shape index (κ2) is 15.1. The van der Waals surface area contributed by atoms with Crippen molar-refractivity contribution in [2.45, 2.75) is 0 Å². The third kappa shape index (κ3) is 41.5. The summed E-state index contributed by atoms with van der Waals surface area (Å²) in [6.07, 6.45) is 3.00. The van der Waals surface area contributed by atoms with Crippen LogP contribution in [0.2, 0.25) is 0 Å². The molecule has 0 heterocycles. The molecule has 1 amide bonds. The highest BCUT2D eigenvalue weighted by atomic mass is 16.5. The molecule has 6 heteroatoms. The van der Waals surface area contributed by atoms with E-state index in [9.17, 15) is 14.4 Å². The van der Waals surface area contributed by atoms with Gasteiger partial charge in [0.05, 0.1) is 7.11 Å². The van der Waals surface area contributed by atoms with Gasteiger partial charge in [-0.1, -0.05) is 19.7 Å². The fourth-order valence-electron chi connectivity index (χ4n) is 0.0833. The highest BCUT2D eigenvalue weighted by Gasteiger charge is 1.81. The van der Waals surface area contributed by atoms with Crippen LogP contribution in [0.25, 0.3) is 0 Å². The summed E-state index contributed by atoms with van der Waals surface area (Å²) in [5, 5.41) is 7.60. The van der Waals surface area contributed by atoms with Crippen molar-refractivity contribution in [3.63, 3.8) is 0 Å². The summed E-state index contributed by atoms with van der Waals surface area (Å²) in [6.45, 7) is 9.20. The molecule has 6 nitrogen and oxygen atoms in total. The molecule has 0 aromatic rings. The molecule has 0 bridgehead atoms. The van der Waals surface area contributed by atoms with Crippen LogP contribution < -0.4 is 5.73 Å². The zero-order valence-electron chi connectivity index (χ0n) is 9.01. The molecule has 0 fully saturated rings. The first-order valence-corrected chi connectivity index (χ1v) is 3.83. The summed E-state index contributed by atoms with van der Waals surface area (Å²) in [4.78, 5) is 28.6. The molecule has 0 rings (SSSR count). The maximum Gasteiger partial charge on any atom is 0.329 e. The van der Waals surface area contributed by atoms with Crippen molar-refractivity contribution >= 4 is 17.8 Å². The molecule has 0 aliphatic carbocycles. The Morgan fingerprint density at radius 1 is 1.12 bits per heavy atom. The fourth-order valence-corrected chi connectivity index (χ4v) is 0.0833. The summed E-state index contributed by atoms with van der Waals surface area (Å²) >= 11 is 0. The van der Waals surface area contributed by atoms with Gasteiger partial charge in [-0.05, 0) is 6.08 Å². The third-order valence-electron chi connectivity index (χ3n) is 0.744. The number of hydrogen-bond donors (Lipinski definition) is 2. The van der Waals surface area contributed by atoms with Gasteiger partial charge in [0.15, 0.2) is 0 Å². The van der Waals surface area contributed by atoms with Crippen molar-refractivity contribution in [3.05, 3.63) is 38.0 Å². The van der Waals surface area contributed by atoms with E-state index in [-0.39, 0.29) is 0 Å². The Labute approximate surface area is 93.7 Å². The van der Waals surface area contributed by atoms with E-state index in [4.69, 9.17) is 5.11 Å². The highest BCUT2D eigenvalue weighted by molar-refractivity contribution is 5.85. The minimum Gasteiger partial charge on any atom is -0.478 e. The number of methoxy groups -OCH3 is 1. The number of ether oxygens (including phenoxy) is 1. The number of primary amides is 1. The topological polar surface area (TPSA) is 107 Å². The number of amides is 1. The number of carbonyl (C=O) groups is 3. The Morgan fingerprint density at radius 3 is 1.44 bits per heavy atom. The van der Waals surface area contributed by atoms with E-state index in [0.717, 1.165) is 18.2 Å². The van der Waals surface area contributed by atoms with Gasteiger partial charge in [-0.25, -0.2) is 9.59 Å². The zero-order valence-corrected chi connectivity index (χ0v) is 9.01. The third-order valence-corrected chi connectivity index (χ3v) is 0.744. The molecule has 0 unspecified atom stereocenters. The van der Waals surface area contributed by atoms with Gasteiger partial charge in [-0.2, -0.15) is 0 Å². The molecule has 16 heavy (non-hydrogen) atoms. The van der Waals surface area contributed by atoms with E-state index in [1.807, 2.05) is 0 Å². The quantitative estimate of drug-likeness (QED) is 0.533. The van der Waals surface area contributed by atoms with Crippen LogP contribution in [0.5, 0.6) is 0 Å². The average Bonchev–Trinajstić information content (AvgIpc) is 2.29. The Hall–Kier alpha value is -2.37. The van der Waals surface area contributed by atoms with Gasteiger partial charge in [0.25, 0.3) is 0 Å². The van der Waals surface area contributed by atoms with Crippen LogP contribution in [0.1, 0.15) is 0 Å². The van der Waals surface area contributed by atoms with E-state index < -0.39 is 17.8 Å². The van der Waals surface area contributed by atoms with Crippen LogP contribution in [0.3, 0.4) is 0 Å². The molecule has 0 aromatic heterocycles. The molecular weight excluding hydrogens is 214 g/mol. The zero-order chi connectivity index (χ0) is 13.6. The first-order valence-electron chi connectivity index (χ1n) is 3.83. The summed E-state index contributed by atoms with van der Waals surface area (Å²) < 4.78 is 4.14. The van der Waals surface area contributed by atoms with Crippen LogP contribution in [0.4, 0.5) is 0 Å². The van der Waals surface area contributed by atoms with Gasteiger partial charge in [-0.3, -0.25) is 4.79 Å². The minimum atomic E-state index is -0.981. The first kappa shape index (κ1) is 19.2. The smallest absolute Gasteiger partial charge is 0.329 e. The monoisotopic (exact) mass is 229 g/mol. The highest BCUT2D eigenvalue weighted by Crippen LogP contribution is 1.67. The molecule has 0 saturated carbocycles. The van der Waals surface area contributed by atoms with Crippen LogP contribution in [-0.2, 0) is 19.1 Å². The molecule has 0 aromatic carbocycles. The predicted molar refractivity (Wildman–Crippen MR) is 59.4 cm³/mol. The van der Waals surface area contributed by atoms with E-state index in [0.29, 0.717) is 0 Å². The number of carboxylic acids is 1. The summed E-state index contributed by atoms with van der Waals surface area (Å²) in [6, 6.07) is 0. The van der Waals surface area contributed by atoms with Crippen LogP contribution in [-0.4, -0.2) is 30.1 Å². The molecule has 0 spiro atoms. The van der Waals surface area contributed by atoms with Crippen molar-refractivity contribution in [1.82, 2.24) is 0 Å². The number of aliphatic carboxylic acids is 1. The van der Waals surface area contributed by atoms with Crippen molar-refractivity contribution in [1.29, 1.82) is 0 Å². The number of esters is 1. The molecule has 0 aliphatic heterocycles. The van der Waals surface area contributed by atoms with Gasteiger partial charge in [0.1, 0.15) is 0 Å². The van der Waals surface area contributed by atoms with Gasteiger partial charge in [0.2, 0.25) is 5.91 Å². The van der Waals surface area contributed by atoms with E-state index in [1.54, 1.807) is 0 Å². The van der Waals surface area contributed by atoms with Crippen molar-refractivity contribution in [2.24, 2.45) is 5.73 Å². The normalized spacial score (nSPS) is 6.56. The lowest BCUT2D eigenvalue weighted by Gasteiger charge is -1.83. The molecule has 90 valence electrons. The van der Waals surface area contributed by atoms with E-state index in [1.165, 1.54) is 7.11 Å². The number of nitrogens with two attached hydrogens (primary N) is 1. The number of carboxylic acid groups (broad SMARTS) is 1. The lowest BCUT2D eigenvalue weighted by molar-refractivity contribution is -0.135.